The van der Waals surface area contributed by atoms with E-state index in [4.69, 9.17) is 4.98 Å². The number of imidazole rings is 1. The highest BCUT2D eigenvalue weighted by Gasteiger charge is 2.20. The number of nitrogens with one attached hydrogen (secondary N) is 1. The van der Waals surface area contributed by atoms with Crippen molar-refractivity contribution in [1.29, 1.82) is 0 Å². The standard InChI is InChI=1S/C25H29BrN4O2/c26-20-10-8-9-19(17-20)25(32)27-14-5-1-2-13-23-28-21-11-3-4-12-22(21)30(23)18-24(31)29-15-6-7-16-29/h3-4,8-12,17H,1-2,5-7,13-16,18H2,(H,27,32). The molecular weight excluding hydrogens is 468 g/mol. The van der Waals surface area contributed by atoms with E-state index in [9.17, 15) is 9.59 Å². The van der Waals surface area contributed by atoms with E-state index in [-0.39, 0.29) is 11.8 Å². The first kappa shape index (κ1) is 22.5. The Morgan fingerprint density at radius 1 is 1.00 bits per heavy atom. The highest BCUT2D eigenvalue weighted by molar-refractivity contribution is 9.10. The number of hydrogen-bond donors (Lipinski definition) is 1. The average molecular weight is 497 g/mol. The van der Waals surface area contributed by atoms with Crippen LogP contribution in [0, 0.1) is 0 Å². The average Bonchev–Trinajstić information content (AvgIpc) is 3.45. The second-order valence-corrected chi connectivity index (χ2v) is 9.18. The van der Waals surface area contributed by atoms with E-state index in [1.165, 1.54) is 0 Å². The topological polar surface area (TPSA) is 67.2 Å². The second kappa shape index (κ2) is 10.8. The Labute approximate surface area is 197 Å². The summed E-state index contributed by atoms with van der Waals surface area (Å²) >= 11 is 3.40. The number of unbranched alkanes of at least 4 members (excludes halogenated alkanes) is 2. The zero-order valence-corrected chi connectivity index (χ0v) is 19.8. The van der Waals surface area contributed by atoms with Gasteiger partial charge in [0.1, 0.15) is 12.4 Å². The van der Waals surface area contributed by atoms with Gasteiger partial charge < -0.3 is 14.8 Å². The minimum atomic E-state index is -0.0477. The molecule has 0 unspecified atom stereocenters. The lowest BCUT2D eigenvalue weighted by atomic mass is 10.1. The third-order valence-electron chi connectivity index (χ3n) is 5.94. The molecule has 7 heteroatoms. The lowest BCUT2D eigenvalue weighted by molar-refractivity contribution is -0.130. The van der Waals surface area contributed by atoms with Gasteiger partial charge in [0.2, 0.25) is 5.91 Å². The quantitative estimate of drug-likeness (QED) is 0.441. The zero-order valence-electron chi connectivity index (χ0n) is 18.2. The predicted molar refractivity (Wildman–Crippen MR) is 130 cm³/mol. The number of aryl methyl sites for hydroxylation is 1. The summed E-state index contributed by atoms with van der Waals surface area (Å²) in [6.45, 7) is 2.74. The molecule has 2 aromatic carbocycles. The Bertz CT molecular complexity index is 1090. The van der Waals surface area contributed by atoms with E-state index in [1.54, 1.807) is 0 Å². The lowest BCUT2D eigenvalue weighted by Gasteiger charge is -2.17. The molecular formula is C25H29BrN4O2. The molecule has 0 radical (unpaired) electrons. The number of fused-ring (bicyclic) bond motifs is 1. The van der Waals surface area contributed by atoms with Crippen LogP contribution in [0.25, 0.3) is 11.0 Å². The molecule has 2 amide bonds. The Morgan fingerprint density at radius 3 is 2.62 bits per heavy atom. The van der Waals surface area contributed by atoms with Crippen molar-refractivity contribution in [3.8, 4) is 0 Å². The Kier molecular flexibility index (Phi) is 7.58. The van der Waals surface area contributed by atoms with Gasteiger partial charge in [-0.1, -0.05) is 40.5 Å². The van der Waals surface area contributed by atoms with Crippen LogP contribution in [-0.4, -0.2) is 45.9 Å². The van der Waals surface area contributed by atoms with Gasteiger partial charge in [-0.15, -0.1) is 0 Å². The van der Waals surface area contributed by atoms with Crippen molar-refractivity contribution < 1.29 is 9.59 Å². The highest BCUT2D eigenvalue weighted by atomic mass is 79.9. The maximum absolute atomic E-state index is 12.8. The van der Waals surface area contributed by atoms with Crippen LogP contribution in [0.5, 0.6) is 0 Å². The van der Waals surface area contributed by atoms with Crippen LogP contribution >= 0.6 is 15.9 Å². The van der Waals surface area contributed by atoms with Crippen molar-refractivity contribution in [3.63, 3.8) is 0 Å². The summed E-state index contributed by atoms with van der Waals surface area (Å²) in [5, 5.41) is 2.98. The first-order valence-electron chi connectivity index (χ1n) is 11.4. The van der Waals surface area contributed by atoms with Crippen LogP contribution in [0.4, 0.5) is 0 Å². The third-order valence-corrected chi connectivity index (χ3v) is 6.43. The summed E-state index contributed by atoms with van der Waals surface area (Å²) in [4.78, 5) is 31.8. The van der Waals surface area contributed by atoms with Crippen LogP contribution < -0.4 is 5.32 Å². The van der Waals surface area contributed by atoms with Crippen LogP contribution in [0.3, 0.4) is 0 Å². The number of likely N-dealkylation sites (tertiary alicyclic amines) is 1. The molecule has 0 bridgehead atoms. The summed E-state index contributed by atoms with van der Waals surface area (Å²) in [7, 11) is 0. The number of nitrogens with zero attached hydrogens (tertiary/aromatic N) is 3. The van der Waals surface area contributed by atoms with Gasteiger partial charge >= 0.3 is 0 Å². The van der Waals surface area contributed by atoms with Crippen molar-refractivity contribution >= 4 is 38.8 Å². The van der Waals surface area contributed by atoms with Crippen LogP contribution in [0.2, 0.25) is 0 Å². The zero-order chi connectivity index (χ0) is 22.3. The van der Waals surface area contributed by atoms with Gasteiger partial charge in [0, 0.05) is 36.1 Å². The summed E-state index contributed by atoms with van der Waals surface area (Å²) in [6.07, 6.45) is 5.88. The largest absolute Gasteiger partial charge is 0.352 e. The third kappa shape index (κ3) is 5.57. The number of rotatable bonds is 9. The molecule has 2 heterocycles. The number of hydrogen-bond acceptors (Lipinski definition) is 3. The summed E-state index contributed by atoms with van der Waals surface area (Å²) < 4.78 is 2.99. The molecule has 0 saturated carbocycles. The van der Waals surface area contributed by atoms with Crippen molar-refractivity contribution in [2.24, 2.45) is 0 Å². The lowest BCUT2D eigenvalue weighted by Crippen LogP contribution is -2.31. The van der Waals surface area contributed by atoms with Gasteiger partial charge in [0.25, 0.3) is 5.91 Å². The van der Waals surface area contributed by atoms with Crippen LogP contribution in [0.15, 0.2) is 53.0 Å². The molecule has 1 saturated heterocycles. The molecule has 4 rings (SSSR count). The summed E-state index contributed by atoms with van der Waals surface area (Å²) in [5.74, 6) is 1.10. The maximum atomic E-state index is 12.8. The fourth-order valence-corrected chi connectivity index (χ4v) is 4.61. The monoisotopic (exact) mass is 496 g/mol. The van der Waals surface area contributed by atoms with Gasteiger partial charge in [-0.2, -0.15) is 0 Å². The molecule has 1 aliphatic heterocycles. The summed E-state index contributed by atoms with van der Waals surface area (Å²) in [5.41, 5.74) is 2.63. The number of aromatic nitrogens is 2. The summed E-state index contributed by atoms with van der Waals surface area (Å²) in [6, 6.07) is 15.4. The first-order chi connectivity index (χ1) is 15.6. The van der Waals surface area contributed by atoms with Crippen molar-refractivity contribution in [2.45, 2.75) is 45.1 Å². The van der Waals surface area contributed by atoms with Crippen LogP contribution in [-0.2, 0) is 17.8 Å². The Morgan fingerprint density at radius 2 is 1.81 bits per heavy atom. The molecule has 168 valence electrons. The fourth-order valence-electron chi connectivity index (χ4n) is 4.21. The van der Waals surface area contributed by atoms with Crippen molar-refractivity contribution in [3.05, 3.63) is 64.4 Å². The van der Waals surface area contributed by atoms with Crippen LogP contribution in [0.1, 0.15) is 48.3 Å². The molecule has 0 aliphatic carbocycles. The van der Waals surface area contributed by atoms with Gasteiger partial charge in [-0.3, -0.25) is 9.59 Å². The normalized spacial score (nSPS) is 13.6. The van der Waals surface area contributed by atoms with E-state index in [0.717, 1.165) is 72.9 Å². The second-order valence-electron chi connectivity index (χ2n) is 8.27. The molecule has 1 fully saturated rings. The molecule has 1 aliphatic rings. The van der Waals surface area contributed by atoms with E-state index in [1.807, 2.05) is 53.4 Å². The Hall–Kier alpha value is -2.67. The number of carbonyl (C=O) groups is 2. The molecule has 3 aromatic rings. The van der Waals surface area contributed by atoms with E-state index < -0.39 is 0 Å². The van der Waals surface area contributed by atoms with Gasteiger partial charge in [-0.05, 0) is 56.0 Å². The predicted octanol–water partition coefficient (Wildman–Crippen LogP) is 4.56. The van der Waals surface area contributed by atoms with E-state index >= 15 is 0 Å². The first-order valence-corrected chi connectivity index (χ1v) is 12.2. The highest BCUT2D eigenvalue weighted by Crippen LogP contribution is 2.19. The maximum Gasteiger partial charge on any atom is 0.251 e. The van der Waals surface area contributed by atoms with Gasteiger partial charge in [0.05, 0.1) is 11.0 Å². The fraction of sp³-hybridized carbons (Fsp3) is 0.400. The number of carbonyl (C=O) groups excluding carboxylic acids is 2. The minimum Gasteiger partial charge on any atom is -0.352 e. The molecule has 0 spiro atoms. The van der Waals surface area contributed by atoms with E-state index in [0.29, 0.717) is 18.7 Å². The molecule has 32 heavy (non-hydrogen) atoms. The molecule has 1 N–H and O–H groups in total. The minimum absolute atomic E-state index is 0.0477. The number of halogens is 1. The number of benzene rings is 2. The van der Waals surface area contributed by atoms with Crippen molar-refractivity contribution in [2.75, 3.05) is 19.6 Å². The molecule has 0 atom stereocenters. The van der Waals surface area contributed by atoms with Gasteiger partial charge in [0.15, 0.2) is 0 Å². The van der Waals surface area contributed by atoms with Gasteiger partial charge in [-0.25, -0.2) is 4.98 Å². The number of amides is 2. The Balaban J connectivity index is 1.29. The molecule has 1 aromatic heterocycles. The number of para-hydroxylation sites is 2. The smallest absolute Gasteiger partial charge is 0.251 e. The van der Waals surface area contributed by atoms with Crippen molar-refractivity contribution in [1.82, 2.24) is 19.8 Å². The van der Waals surface area contributed by atoms with E-state index in [2.05, 4.69) is 25.8 Å². The molecule has 6 nitrogen and oxygen atoms in total. The SMILES string of the molecule is O=C(NCCCCCc1nc2ccccc2n1CC(=O)N1CCCC1)c1cccc(Br)c1.